The van der Waals surface area contributed by atoms with Crippen LogP contribution in [0.4, 0.5) is 0 Å². The molecule has 3 aliphatic carbocycles. The Labute approximate surface area is 185 Å². The molecule has 0 heteroatoms. The van der Waals surface area contributed by atoms with Gasteiger partial charge in [-0.05, 0) is 112 Å². The predicted molar refractivity (Wildman–Crippen MR) is 131 cm³/mol. The SMILES string of the molecule is Cc1ccc(C2CCC(/C=C/C3CCC(/C=C/C4C=CC(C)CC4)CC3)CC2)cc1. The highest BCUT2D eigenvalue weighted by atomic mass is 14.3. The van der Waals surface area contributed by atoms with Gasteiger partial charge in [-0.2, -0.15) is 0 Å². The third-order valence-electron chi connectivity index (χ3n) is 8.07. The molecule has 162 valence electrons. The molecule has 30 heavy (non-hydrogen) atoms. The second-order valence-electron chi connectivity index (χ2n) is 10.6. The van der Waals surface area contributed by atoms with Crippen LogP contribution >= 0.6 is 0 Å². The van der Waals surface area contributed by atoms with Gasteiger partial charge in [0.2, 0.25) is 0 Å². The van der Waals surface area contributed by atoms with Crippen LogP contribution < -0.4 is 0 Å². The summed E-state index contributed by atoms with van der Waals surface area (Å²) in [5.41, 5.74) is 2.94. The molecule has 0 amide bonds. The molecule has 0 aliphatic heterocycles. The zero-order valence-corrected chi connectivity index (χ0v) is 19.3. The van der Waals surface area contributed by atoms with Gasteiger partial charge < -0.3 is 0 Å². The minimum Gasteiger partial charge on any atom is -0.0851 e. The maximum Gasteiger partial charge on any atom is -0.00531 e. The Kier molecular flexibility index (Phi) is 7.69. The van der Waals surface area contributed by atoms with Crippen molar-refractivity contribution in [1.29, 1.82) is 0 Å². The minimum absolute atomic E-state index is 0.703. The van der Waals surface area contributed by atoms with Crippen molar-refractivity contribution in [2.24, 2.45) is 29.6 Å². The van der Waals surface area contributed by atoms with Gasteiger partial charge in [-0.25, -0.2) is 0 Å². The van der Waals surface area contributed by atoms with Crippen LogP contribution in [-0.2, 0) is 0 Å². The first-order valence-electron chi connectivity index (χ1n) is 12.8. The van der Waals surface area contributed by atoms with Crippen molar-refractivity contribution in [3.8, 4) is 0 Å². The summed E-state index contributed by atoms with van der Waals surface area (Å²) in [4.78, 5) is 0. The maximum absolute atomic E-state index is 2.60. The summed E-state index contributed by atoms with van der Waals surface area (Å²) in [5, 5.41) is 0. The average Bonchev–Trinajstić information content (AvgIpc) is 2.79. The first-order chi connectivity index (χ1) is 14.7. The van der Waals surface area contributed by atoms with E-state index in [1.165, 1.54) is 69.8 Å². The van der Waals surface area contributed by atoms with Crippen LogP contribution in [-0.4, -0.2) is 0 Å². The molecule has 4 rings (SSSR count). The van der Waals surface area contributed by atoms with Crippen LogP contribution in [0.5, 0.6) is 0 Å². The summed E-state index contributed by atoms with van der Waals surface area (Å²) in [6, 6.07) is 9.26. The largest absolute Gasteiger partial charge is 0.0851 e. The van der Waals surface area contributed by atoms with Crippen molar-refractivity contribution >= 4 is 0 Å². The van der Waals surface area contributed by atoms with Crippen molar-refractivity contribution in [3.05, 3.63) is 71.8 Å². The highest BCUT2D eigenvalue weighted by Crippen LogP contribution is 2.37. The van der Waals surface area contributed by atoms with Crippen molar-refractivity contribution < 1.29 is 0 Å². The summed E-state index contributed by atoms with van der Waals surface area (Å²) in [6.45, 7) is 4.52. The van der Waals surface area contributed by atoms with E-state index in [4.69, 9.17) is 0 Å². The van der Waals surface area contributed by atoms with Gasteiger partial charge in [-0.3, -0.25) is 0 Å². The predicted octanol–water partition coefficient (Wildman–Crippen LogP) is 8.79. The Morgan fingerprint density at radius 2 is 1.13 bits per heavy atom. The van der Waals surface area contributed by atoms with E-state index in [1.54, 1.807) is 5.56 Å². The molecule has 3 aliphatic rings. The molecule has 1 aromatic rings. The monoisotopic (exact) mass is 402 g/mol. The highest BCUT2D eigenvalue weighted by Gasteiger charge is 2.22. The summed E-state index contributed by atoms with van der Waals surface area (Å²) < 4.78 is 0. The van der Waals surface area contributed by atoms with Gasteiger partial charge in [0.05, 0.1) is 0 Å². The molecule has 0 spiro atoms. The van der Waals surface area contributed by atoms with E-state index in [0.717, 1.165) is 29.6 Å². The standard InChI is InChI=1S/C30H42/c1-23-3-7-25(8-4-23)9-10-26-11-13-27(14-12-26)15-16-28-17-21-30(22-18-28)29-19-5-24(2)6-20-29/h3,5-7,9-10,15-16,19-20,23,25-28,30H,4,8,11-14,17-18,21-22H2,1-2H3/b10-9+,16-15+. The van der Waals surface area contributed by atoms with E-state index >= 15 is 0 Å². The van der Waals surface area contributed by atoms with Crippen LogP contribution in [0.25, 0.3) is 0 Å². The van der Waals surface area contributed by atoms with Crippen molar-refractivity contribution in [2.75, 3.05) is 0 Å². The van der Waals surface area contributed by atoms with E-state index in [2.05, 4.69) is 74.6 Å². The first-order valence-corrected chi connectivity index (χ1v) is 12.8. The van der Waals surface area contributed by atoms with E-state index in [0.29, 0.717) is 5.92 Å². The Bertz CT molecular complexity index is 718. The third-order valence-corrected chi connectivity index (χ3v) is 8.07. The van der Waals surface area contributed by atoms with Crippen molar-refractivity contribution in [3.63, 3.8) is 0 Å². The van der Waals surface area contributed by atoms with Gasteiger partial charge in [0, 0.05) is 0 Å². The fourth-order valence-electron chi connectivity index (χ4n) is 5.77. The van der Waals surface area contributed by atoms with E-state index in [1.807, 2.05) is 0 Å². The second kappa shape index (κ2) is 10.7. The molecule has 0 heterocycles. The van der Waals surface area contributed by atoms with Gasteiger partial charge in [0.15, 0.2) is 0 Å². The normalized spacial score (nSPS) is 35.3. The van der Waals surface area contributed by atoms with Crippen LogP contribution in [0, 0.1) is 36.5 Å². The molecule has 1 aromatic carbocycles. The Morgan fingerprint density at radius 3 is 1.67 bits per heavy atom. The smallest absolute Gasteiger partial charge is 0.00531 e. The Morgan fingerprint density at radius 1 is 0.600 bits per heavy atom. The maximum atomic E-state index is 2.60. The first kappa shape index (κ1) is 21.7. The Balaban J connectivity index is 1.16. The van der Waals surface area contributed by atoms with E-state index < -0.39 is 0 Å². The molecular formula is C30H42. The summed E-state index contributed by atoms with van der Waals surface area (Å²) in [5.74, 6) is 4.76. The lowest BCUT2D eigenvalue weighted by atomic mass is 9.77. The Hall–Kier alpha value is -1.56. The molecule has 0 radical (unpaired) electrons. The third kappa shape index (κ3) is 6.22. The molecule has 0 bridgehead atoms. The average molecular weight is 403 g/mol. The lowest BCUT2D eigenvalue weighted by molar-refractivity contribution is 0.348. The molecule has 2 unspecified atom stereocenters. The van der Waals surface area contributed by atoms with Crippen molar-refractivity contribution in [1.82, 2.24) is 0 Å². The van der Waals surface area contributed by atoms with Crippen molar-refractivity contribution in [2.45, 2.75) is 84.0 Å². The molecule has 2 atom stereocenters. The molecule has 0 aromatic heterocycles. The summed E-state index contributed by atoms with van der Waals surface area (Å²) >= 11 is 0. The van der Waals surface area contributed by atoms with E-state index in [9.17, 15) is 0 Å². The minimum atomic E-state index is 0.703. The zero-order chi connectivity index (χ0) is 20.8. The van der Waals surface area contributed by atoms with Crippen LogP contribution in [0.3, 0.4) is 0 Å². The number of aryl methyl sites for hydroxylation is 1. The number of benzene rings is 1. The number of rotatable bonds is 5. The lowest BCUT2D eigenvalue weighted by Gasteiger charge is -2.28. The summed E-state index contributed by atoms with van der Waals surface area (Å²) in [7, 11) is 0. The van der Waals surface area contributed by atoms with Gasteiger partial charge >= 0.3 is 0 Å². The summed E-state index contributed by atoms with van der Waals surface area (Å²) in [6.07, 6.45) is 28.8. The molecule has 0 saturated heterocycles. The zero-order valence-electron chi connectivity index (χ0n) is 19.3. The van der Waals surface area contributed by atoms with Gasteiger partial charge in [-0.15, -0.1) is 0 Å². The van der Waals surface area contributed by atoms with Crippen LogP contribution in [0.2, 0.25) is 0 Å². The van der Waals surface area contributed by atoms with Gasteiger partial charge in [0.25, 0.3) is 0 Å². The molecule has 2 fully saturated rings. The number of hydrogen-bond donors (Lipinski definition) is 0. The number of allylic oxidation sites excluding steroid dienone is 6. The van der Waals surface area contributed by atoms with E-state index in [-0.39, 0.29) is 0 Å². The van der Waals surface area contributed by atoms with Crippen LogP contribution in [0.15, 0.2) is 60.7 Å². The second-order valence-corrected chi connectivity index (χ2v) is 10.6. The van der Waals surface area contributed by atoms with Gasteiger partial charge in [0.1, 0.15) is 0 Å². The number of hydrogen-bond acceptors (Lipinski definition) is 0. The fourth-order valence-corrected chi connectivity index (χ4v) is 5.77. The molecule has 0 N–H and O–H groups in total. The fraction of sp³-hybridized carbons (Fsp3) is 0.600. The van der Waals surface area contributed by atoms with Gasteiger partial charge in [-0.1, -0.05) is 73.2 Å². The molecular weight excluding hydrogens is 360 g/mol. The van der Waals surface area contributed by atoms with Crippen LogP contribution in [0.1, 0.15) is 88.2 Å². The topological polar surface area (TPSA) is 0 Å². The molecule has 2 saturated carbocycles. The lowest BCUT2D eigenvalue weighted by Crippen LogP contribution is -2.14. The quantitative estimate of drug-likeness (QED) is 0.432. The molecule has 0 nitrogen and oxygen atoms in total. The highest BCUT2D eigenvalue weighted by molar-refractivity contribution is 5.25.